The average molecular weight is 309 g/mol. The van der Waals surface area contributed by atoms with Crippen LogP contribution >= 0.6 is 0 Å². The second kappa shape index (κ2) is 10.0. The van der Waals surface area contributed by atoms with Crippen LogP contribution in [-0.2, 0) is 9.53 Å². The van der Waals surface area contributed by atoms with Crippen LogP contribution < -0.4 is 10.6 Å². The van der Waals surface area contributed by atoms with Gasteiger partial charge in [0, 0.05) is 0 Å². The minimum absolute atomic E-state index is 0.0637. The first-order valence-electron chi connectivity index (χ1n) is 8.11. The van der Waals surface area contributed by atoms with Crippen molar-refractivity contribution < 1.29 is 14.3 Å². The topological polar surface area (TPSA) is 91.2 Å². The minimum atomic E-state index is -0.660. The van der Waals surface area contributed by atoms with Crippen molar-refractivity contribution >= 4 is 12.0 Å². The second-order valence-electron chi connectivity index (χ2n) is 6.28. The van der Waals surface area contributed by atoms with E-state index in [0.717, 1.165) is 6.42 Å². The van der Waals surface area contributed by atoms with Crippen molar-refractivity contribution in [1.29, 1.82) is 5.26 Å². The van der Waals surface area contributed by atoms with E-state index in [4.69, 9.17) is 10.00 Å². The number of hydrogen-bond donors (Lipinski definition) is 2. The van der Waals surface area contributed by atoms with Gasteiger partial charge in [-0.25, -0.2) is 4.79 Å². The predicted molar refractivity (Wildman–Crippen MR) is 82.9 cm³/mol. The Labute approximate surface area is 132 Å². The van der Waals surface area contributed by atoms with Gasteiger partial charge in [0.25, 0.3) is 0 Å². The Morgan fingerprint density at radius 2 is 2.00 bits per heavy atom. The third kappa shape index (κ3) is 7.30. The lowest BCUT2D eigenvalue weighted by Gasteiger charge is -2.19. The van der Waals surface area contributed by atoms with Gasteiger partial charge in [0.05, 0.1) is 12.7 Å². The zero-order valence-electron chi connectivity index (χ0n) is 13.6. The predicted octanol–water partition coefficient (Wildman–Crippen LogP) is 2.35. The second-order valence-corrected chi connectivity index (χ2v) is 6.28. The number of carbonyl (C=O) groups excluding carboxylic acids is 2. The molecular formula is C16H27N3O3. The van der Waals surface area contributed by atoms with Crippen LogP contribution in [0.2, 0.25) is 0 Å². The zero-order chi connectivity index (χ0) is 16.4. The van der Waals surface area contributed by atoms with Gasteiger partial charge in [-0.3, -0.25) is 4.79 Å². The monoisotopic (exact) mass is 309 g/mol. The van der Waals surface area contributed by atoms with Crippen LogP contribution in [0.1, 0.15) is 52.4 Å². The lowest BCUT2D eigenvalue weighted by Crippen LogP contribution is -2.47. The van der Waals surface area contributed by atoms with Gasteiger partial charge in [0.2, 0.25) is 5.91 Å². The number of amides is 2. The van der Waals surface area contributed by atoms with E-state index in [-0.39, 0.29) is 18.4 Å². The molecule has 1 aliphatic carbocycles. The first-order valence-corrected chi connectivity index (χ1v) is 8.11. The molecule has 0 heterocycles. The summed E-state index contributed by atoms with van der Waals surface area (Å²) in [5.74, 6) is 0.567. The first kappa shape index (κ1) is 18.3. The summed E-state index contributed by atoms with van der Waals surface area (Å²) in [5, 5.41) is 13.6. The summed E-state index contributed by atoms with van der Waals surface area (Å²) >= 11 is 0. The Morgan fingerprint density at radius 1 is 1.32 bits per heavy atom. The molecule has 0 saturated heterocycles. The van der Waals surface area contributed by atoms with Gasteiger partial charge >= 0.3 is 6.09 Å². The number of nitriles is 1. The molecule has 0 radical (unpaired) electrons. The number of ether oxygens (including phenoxy) is 1. The Bertz CT molecular complexity index is 398. The van der Waals surface area contributed by atoms with Crippen molar-refractivity contribution in [3.05, 3.63) is 0 Å². The Morgan fingerprint density at radius 3 is 2.59 bits per heavy atom. The molecule has 22 heavy (non-hydrogen) atoms. The first-order chi connectivity index (χ1) is 10.5. The third-order valence-electron chi connectivity index (χ3n) is 3.89. The van der Waals surface area contributed by atoms with Gasteiger partial charge in [0.1, 0.15) is 12.6 Å². The van der Waals surface area contributed by atoms with E-state index >= 15 is 0 Å². The quantitative estimate of drug-likeness (QED) is 0.673. The Kier molecular flexibility index (Phi) is 8.34. The SMILES string of the molecule is CC(C)C[C@H](NC(=O)OCCC1CCCC1)C(=O)NCC#N. The van der Waals surface area contributed by atoms with Gasteiger partial charge in [-0.1, -0.05) is 39.5 Å². The standard InChI is InChI=1S/C16H27N3O3/c1-12(2)11-14(15(20)18-9-8-17)19-16(21)22-10-7-13-5-3-4-6-13/h12-14H,3-7,9-11H2,1-2H3,(H,18,20)(H,19,21)/t14-/m0/s1. The highest BCUT2D eigenvalue weighted by Crippen LogP contribution is 2.27. The Hall–Kier alpha value is -1.77. The van der Waals surface area contributed by atoms with E-state index in [9.17, 15) is 9.59 Å². The lowest BCUT2D eigenvalue weighted by atomic mass is 10.0. The fourth-order valence-electron chi connectivity index (χ4n) is 2.75. The third-order valence-corrected chi connectivity index (χ3v) is 3.89. The minimum Gasteiger partial charge on any atom is -0.450 e. The van der Waals surface area contributed by atoms with E-state index in [1.165, 1.54) is 25.7 Å². The number of carbonyl (C=O) groups is 2. The molecule has 0 spiro atoms. The van der Waals surface area contributed by atoms with Gasteiger partial charge in [-0.2, -0.15) is 5.26 Å². The summed E-state index contributed by atoms with van der Waals surface area (Å²) in [6.45, 7) is 4.27. The van der Waals surface area contributed by atoms with Crippen LogP contribution in [0.5, 0.6) is 0 Å². The molecular weight excluding hydrogens is 282 g/mol. The molecule has 1 rings (SSSR count). The maximum absolute atomic E-state index is 11.9. The van der Waals surface area contributed by atoms with Crippen LogP contribution in [0.4, 0.5) is 4.79 Å². The van der Waals surface area contributed by atoms with Crippen LogP contribution in [0.3, 0.4) is 0 Å². The molecule has 0 aromatic carbocycles. The molecule has 1 aliphatic rings. The molecule has 0 bridgehead atoms. The molecule has 0 aliphatic heterocycles. The largest absolute Gasteiger partial charge is 0.450 e. The van der Waals surface area contributed by atoms with Crippen molar-refractivity contribution in [2.24, 2.45) is 11.8 Å². The highest BCUT2D eigenvalue weighted by atomic mass is 16.5. The van der Waals surface area contributed by atoms with Crippen LogP contribution in [-0.4, -0.2) is 31.2 Å². The summed E-state index contributed by atoms with van der Waals surface area (Å²) in [6.07, 6.45) is 5.82. The van der Waals surface area contributed by atoms with Crippen molar-refractivity contribution in [2.75, 3.05) is 13.2 Å². The van der Waals surface area contributed by atoms with Gasteiger partial charge in [-0.05, 0) is 24.7 Å². The smallest absolute Gasteiger partial charge is 0.407 e. The molecule has 124 valence electrons. The molecule has 2 N–H and O–H groups in total. The van der Waals surface area contributed by atoms with E-state index < -0.39 is 12.1 Å². The number of rotatable bonds is 8. The van der Waals surface area contributed by atoms with E-state index in [1.54, 1.807) is 0 Å². The molecule has 0 aromatic heterocycles. The number of alkyl carbamates (subject to hydrolysis) is 1. The normalized spacial score (nSPS) is 16.1. The maximum Gasteiger partial charge on any atom is 0.407 e. The molecule has 1 fully saturated rings. The van der Waals surface area contributed by atoms with Gasteiger partial charge < -0.3 is 15.4 Å². The van der Waals surface area contributed by atoms with E-state index in [1.807, 2.05) is 19.9 Å². The number of nitrogens with zero attached hydrogens (tertiary/aromatic N) is 1. The van der Waals surface area contributed by atoms with Gasteiger partial charge in [0.15, 0.2) is 0 Å². The summed E-state index contributed by atoms with van der Waals surface area (Å²) in [7, 11) is 0. The van der Waals surface area contributed by atoms with Crippen LogP contribution in [0, 0.1) is 23.2 Å². The number of nitrogens with one attached hydrogen (secondary N) is 2. The van der Waals surface area contributed by atoms with Crippen LogP contribution in [0.25, 0.3) is 0 Å². The Balaban J connectivity index is 2.34. The number of hydrogen-bond acceptors (Lipinski definition) is 4. The molecule has 0 unspecified atom stereocenters. The molecule has 6 heteroatoms. The van der Waals surface area contributed by atoms with Crippen molar-refractivity contribution in [3.8, 4) is 6.07 Å². The summed E-state index contributed by atoms with van der Waals surface area (Å²) in [6, 6.07) is 1.19. The molecule has 6 nitrogen and oxygen atoms in total. The van der Waals surface area contributed by atoms with Crippen molar-refractivity contribution in [1.82, 2.24) is 10.6 Å². The van der Waals surface area contributed by atoms with E-state index in [0.29, 0.717) is 18.9 Å². The fourth-order valence-corrected chi connectivity index (χ4v) is 2.75. The zero-order valence-corrected chi connectivity index (χ0v) is 13.6. The lowest BCUT2D eigenvalue weighted by molar-refractivity contribution is -0.123. The summed E-state index contributed by atoms with van der Waals surface area (Å²) in [4.78, 5) is 23.7. The summed E-state index contributed by atoms with van der Waals surface area (Å²) in [5.41, 5.74) is 0. The maximum atomic E-state index is 11.9. The van der Waals surface area contributed by atoms with Gasteiger partial charge in [-0.15, -0.1) is 0 Å². The van der Waals surface area contributed by atoms with E-state index in [2.05, 4.69) is 10.6 Å². The molecule has 1 atom stereocenters. The summed E-state index contributed by atoms with van der Waals surface area (Å²) < 4.78 is 5.18. The molecule has 2 amide bonds. The average Bonchev–Trinajstić information content (AvgIpc) is 2.96. The highest BCUT2D eigenvalue weighted by molar-refractivity contribution is 5.85. The molecule has 0 aromatic rings. The van der Waals surface area contributed by atoms with Crippen molar-refractivity contribution in [2.45, 2.75) is 58.4 Å². The fraction of sp³-hybridized carbons (Fsp3) is 0.812. The molecule has 1 saturated carbocycles. The highest BCUT2D eigenvalue weighted by Gasteiger charge is 2.22. The van der Waals surface area contributed by atoms with Crippen molar-refractivity contribution in [3.63, 3.8) is 0 Å². The van der Waals surface area contributed by atoms with Crippen LogP contribution in [0.15, 0.2) is 0 Å².